The molecule has 0 radical (unpaired) electrons. The minimum absolute atomic E-state index is 0.0630. The van der Waals surface area contributed by atoms with Gasteiger partial charge in [0.05, 0.1) is 11.6 Å². The molecule has 0 bridgehead atoms. The second-order valence-corrected chi connectivity index (χ2v) is 5.63. The Labute approximate surface area is 130 Å². The molecule has 1 fully saturated rings. The van der Waals surface area contributed by atoms with Crippen LogP contribution in [0.1, 0.15) is 39.9 Å². The summed E-state index contributed by atoms with van der Waals surface area (Å²) in [7, 11) is 0. The summed E-state index contributed by atoms with van der Waals surface area (Å²) < 4.78 is 0. The molecule has 3 heteroatoms. The molecule has 0 aromatic heterocycles. The summed E-state index contributed by atoms with van der Waals surface area (Å²) in [5, 5.41) is 9.20. The second kappa shape index (κ2) is 6.55. The van der Waals surface area contributed by atoms with Crippen molar-refractivity contribution in [3.05, 3.63) is 70.8 Å². The third-order valence-electron chi connectivity index (χ3n) is 4.15. The molecule has 0 aliphatic carbocycles. The van der Waals surface area contributed by atoms with Gasteiger partial charge in [-0.25, -0.2) is 0 Å². The van der Waals surface area contributed by atoms with Crippen molar-refractivity contribution in [1.82, 2.24) is 4.90 Å². The zero-order valence-corrected chi connectivity index (χ0v) is 12.5. The van der Waals surface area contributed by atoms with E-state index in [1.807, 2.05) is 24.3 Å². The summed E-state index contributed by atoms with van der Waals surface area (Å²) in [6.07, 6.45) is 2.46. The van der Waals surface area contributed by atoms with Gasteiger partial charge in [0.15, 0.2) is 5.78 Å². The molecular weight excluding hydrogens is 272 g/mol. The van der Waals surface area contributed by atoms with Gasteiger partial charge < -0.3 is 0 Å². The van der Waals surface area contributed by atoms with Crippen molar-refractivity contribution in [3.63, 3.8) is 0 Å². The standard InChI is InChI=1S/C19H18N2O/c20-13-15-7-1-3-9-17(15)19(22)18-10-4-2-8-16(18)14-21-11-5-6-12-21/h1-4,7-10H,5-6,11-12,14H2. The van der Waals surface area contributed by atoms with Gasteiger partial charge in [0.25, 0.3) is 0 Å². The Hall–Kier alpha value is -2.44. The van der Waals surface area contributed by atoms with Gasteiger partial charge in [-0.2, -0.15) is 5.26 Å². The predicted molar refractivity (Wildman–Crippen MR) is 85.5 cm³/mol. The molecule has 0 amide bonds. The third-order valence-corrected chi connectivity index (χ3v) is 4.15. The highest BCUT2D eigenvalue weighted by molar-refractivity contribution is 6.11. The first-order chi connectivity index (χ1) is 10.8. The number of hydrogen-bond donors (Lipinski definition) is 0. The lowest BCUT2D eigenvalue weighted by Crippen LogP contribution is -2.20. The van der Waals surface area contributed by atoms with Gasteiger partial charge in [-0.05, 0) is 43.6 Å². The number of hydrogen-bond acceptors (Lipinski definition) is 3. The number of carbonyl (C=O) groups excluding carboxylic acids is 1. The number of benzene rings is 2. The zero-order valence-electron chi connectivity index (χ0n) is 12.5. The average Bonchev–Trinajstić information content (AvgIpc) is 3.08. The fraction of sp³-hybridized carbons (Fsp3) is 0.263. The van der Waals surface area contributed by atoms with Gasteiger partial charge in [0.1, 0.15) is 0 Å². The first kappa shape index (κ1) is 14.5. The summed E-state index contributed by atoms with van der Waals surface area (Å²) in [5.74, 6) is -0.0630. The minimum Gasteiger partial charge on any atom is -0.299 e. The Morgan fingerprint density at radius 3 is 2.36 bits per heavy atom. The maximum Gasteiger partial charge on any atom is 0.194 e. The molecule has 1 heterocycles. The van der Waals surface area contributed by atoms with Crippen molar-refractivity contribution < 1.29 is 4.79 Å². The molecule has 0 saturated carbocycles. The van der Waals surface area contributed by atoms with Crippen LogP contribution in [0.25, 0.3) is 0 Å². The summed E-state index contributed by atoms with van der Waals surface area (Å²) in [6, 6.07) is 16.8. The van der Waals surface area contributed by atoms with E-state index in [0.717, 1.165) is 25.2 Å². The monoisotopic (exact) mass is 290 g/mol. The van der Waals surface area contributed by atoms with Gasteiger partial charge >= 0.3 is 0 Å². The Morgan fingerprint density at radius 1 is 1.00 bits per heavy atom. The maximum absolute atomic E-state index is 12.9. The van der Waals surface area contributed by atoms with Crippen LogP contribution in [0.5, 0.6) is 0 Å². The van der Waals surface area contributed by atoms with Crippen LogP contribution in [0.3, 0.4) is 0 Å². The van der Waals surface area contributed by atoms with Crippen LogP contribution < -0.4 is 0 Å². The number of likely N-dealkylation sites (tertiary alicyclic amines) is 1. The van der Waals surface area contributed by atoms with Crippen molar-refractivity contribution >= 4 is 5.78 Å². The predicted octanol–water partition coefficient (Wildman–Crippen LogP) is 3.39. The molecule has 0 N–H and O–H groups in total. The second-order valence-electron chi connectivity index (χ2n) is 5.63. The minimum atomic E-state index is -0.0630. The van der Waals surface area contributed by atoms with Crippen molar-refractivity contribution in [2.75, 3.05) is 13.1 Å². The lowest BCUT2D eigenvalue weighted by atomic mass is 9.95. The van der Waals surface area contributed by atoms with E-state index in [1.165, 1.54) is 12.8 Å². The van der Waals surface area contributed by atoms with Crippen LogP contribution in [0.15, 0.2) is 48.5 Å². The molecule has 3 nitrogen and oxygen atoms in total. The first-order valence-electron chi connectivity index (χ1n) is 7.63. The third kappa shape index (κ3) is 2.93. The van der Waals surface area contributed by atoms with E-state index in [9.17, 15) is 10.1 Å². The van der Waals surface area contributed by atoms with Crippen molar-refractivity contribution in [2.24, 2.45) is 0 Å². The molecule has 1 aliphatic heterocycles. The average molecular weight is 290 g/mol. The number of ketones is 1. The van der Waals surface area contributed by atoms with Crippen LogP contribution in [-0.4, -0.2) is 23.8 Å². The van der Waals surface area contributed by atoms with E-state index in [1.54, 1.807) is 24.3 Å². The lowest BCUT2D eigenvalue weighted by Gasteiger charge is -2.17. The number of carbonyl (C=O) groups is 1. The Kier molecular flexibility index (Phi) is 4.32. The van der Waals surface area contributed by atoms with Crippen LogP contribution in [0.4, 0.5) is 0 Å². The molecule has 3 rings (SSSR count). The Morgan fingerprint density at radius 2 is 1.64 bits per heavy atom. The highest BCUT2D eigenvalue weighted by atomic mass is 16.1. The molecule has 1 saturated heterocycles. The van der Waals surface area contributed by atoms with Gasteiger partial charge in [-0.15, -0.1) is 0 Å². The van der Waals surface area contributed by atoms with Crippen LogP contribution in [-0.2, 0) is 6.54 Å². The van der Waals surface area contributed by atoms with E-state index < -0.39 is 0 Å². The number of nitrogens with zero attached hydrogens (tertiary/aromatic N) is 2. The zero-order chi connectivity index (χ0) is 15.4. The SMILES string of the molecule is N#Cc1ccccc1C(=O)c1ccccc1CN1CCCC1. The molecular formula is C19H18N2O. The van der Waals surface area contributed by atoms with Crippen LogP contribution in [0, 0.1) is 11.3 Å². The van der Waals surface area contributed by atoms with E-state index in [4.69, 9.17) is 0 Å². The summed E-state index contributed by atoms with van der Waals surface area (Å²) >= 11 is 0. The molecule has 0 atom stereocenters. The highest BCUT2D eigenvalue weighted by Crippen LogP contribution is 2.20. The molecule has 22 heavy (non-hydrogen) atoms. The summed E-state index contributed by atoms with van der Waals surface area (Å²) in [4.78, 5) is 15.2. The molecule has 2 aromatic rings. The first-order valence-corrected chi connectivity index (χ1v) is 7.63. The largest absolute Gasteiger partial charge is 0.299 e. The summed E-state index contributed by atoms with van der Waals surface area (Å²) in [6.45, 7) is 2.99. The quantitative estimate of drug-likeness (QED) is 0.811. The van der Waals surface area contributed by atoms with Crippen molar-refractivity contribution in [3.8, 4) is 6.07 Å². The van der Waals surface area contributed by atoms with Gasteiger partial charge in [0, 0.05) is 17.7 Å². The lowest BCUT2D eigenvalue weighted by molar-refractivity contribution is 0.103. The molecule has 1 aliphatic rings. The summed E-state index contributed by atoms with van der Waals surface area (Å²) in [5.41, 5.74) is 2.67. The Bertz CT molecular complexity index is 724. The number of nitriles is 1. The molecule has 0 unspecified atom stereocenters. The van der Waals surface area contributed by atoms with Crippen LogP contribution >= 0.6 is 0 Å². The fourth-order valence-corrected chi connectivity index (χ4v) is 2.99. The van der Waals surface area contributed by atoms with Gasteiger partial charge in [-0.1, -0.05) is 36.4 Å². The van der Waals surface area contributed by atoms with E-state index >= 15 is 0 Å². The highest BCUT2D eigenvalue weighted by Gasteiger charge is 2.19. The van der Waals surface area contributed by atoms with Crippen molar-refractivity contribution in [2.45, 2.75) is 19.4 Å². The number of rotatable bonds is 4. The fourth-order valence-electron chi connectivity index (χ4n) is 2.99. The van der Waals surface area contributed by atoms with E-state index in [0.29, 0.717) is 16.7 Å². The normalized spacial score (nSPS) is 14.7. The van der Waals surface area contributed by atoms with Gasteiger partial charge in [-0.3, -0.25) is 9.69 Å². The molecule has 2 aromatic carbocycles. The van der Waals surface area contributed by atoms with E-state index in [2.05, 4.69) is 11.0 Å². The van der Waals surface area contributed by atoms with Crippen LogP contribution in [0.2, 0.25) is 0 Å². The van der Waals surface area contributed by atoms with Crippen molar-refractivity contribution in [1.29, 1.82) is 5.26 Å². The maximum atomic E-state index is 12.9. The molecule has 110 valence electrons. The topological polar surface area (TPSA) is 44.1 Å². The smallest absolute Gasteiger partial charge is 0.194 e. The van der Waals surface area contributed by atoms with E-state index in [-0.39, 0.29) is 5.78 Å². The molecule has 0 spiro atoms. The van der Waals surface area contributed by atoms with Gasteiger partial charge in [0.2, 0.25) is 0 Å². The Balaban J connectivity index is 1.94.